The van der Waals surface area contributed by atoms with Crippen LogP contribution in [-0.2, 0) is 20.6 Å². The van der Waals surface area contributed by atoms with Gasteiger partial charge in [0.25, 0.3) is 0 Å². The Morgan fingerprint density at radius 3 is 2.58 bits per heavy atom. The van der Waals surface area contributed by atoms with Crippen molar-refractivity contribution >= 4 is 20.6 Å². The van der Waals surface area contributed by atoms with Crippen molar-refractivity contribution in [1.82, 2.24) is 9.80 Å². The molecular weight excluding hydrogens is 188 g/mol. The van der Waals surface area contributed by atoms with E-state index in [1.807, 2.05) is 0 Å². The van der Waals surface area contributed by atoms with Crippen LogP contribution in [0.3, 0.4) is 0 Å². The smallest absolute Gasteiger partial charge is 0.0491 e. The first kappa shape index (κ1) is 9.06. The van der Waals surface area contributed by atoms with Gasteiger partial charge in [0, 0.05) is 31.0 Å². The minimum atomic E-state index is 0.172. The highest BCUT2D eigenvalue weighted by molar-refractivity contribution is 8.28. The van der Waals surface area contributed by atoms with Crippen molar-refractivity contribution in [3.63, 3.8) is 0 Å². The molecule has 2 heterocycles. The van der Waals surface area contributed by atoms with Crippen molar-refractivity contribution in [2.45, 2.75) is 18.5 Å². The third-order valence-corrected chi connectivity index (χ3v) is 3.99. The van der Waals surface area contributed by atoms with Gasteiger partial charge in [-0.1, -0.05) is 11.2 Å². The highest BCUT2D eigenvalue weighted by Crippen LogP contribution is 2.28. The standard InChI is InChI=1S/C8H16N2S2/c1-9-4-8-3-7(9)5-10(8)6-12(2)11/h7-8H,3-6H2,1-2H3. The molecule has 2 bridgehead atoms. The number of likely N-dealkylation sites (tertiary alicyclic amines) is 2. The lowest BCUT2D eigenvalue weighted by Gasteiger charge is -2.31. The van der Waals surface area contributed by atoms with Crippen LogP contribution in [0.5, 0.6) is 0 Å². The lowest BCUT2D eigenvalue weighted by Crippen LogP contribution is -2.45. The van der Waals surface area contributed by atoms with Gasteiger partial charge in [0.15, 0.2) is 0 Å². The van der Waals surface area contributed by atoms with Gasteiger partial charge in [-0.25, -0.2) is 0 Å². The van der Waals surface area contributed by atoms with E-state index in [2.05, 4.69) is 23.1 Å². The van der Waals surface area contributed by atoms with Crippen molar-refractivity contribution in [3.8, 4) is 0 Å². The van der Waals surface area contributed by atoms with Gasteiger partial charge in [-0.2, -0.15) is 0 Å². The van der Waals surface area contributed by atoms with E-state index in [0.717, 1.165) is 18.0 Å². The van der Waals surface area contributed by atoms with Crippen LogP contribution in [0, 0.1) is 0 Å². The summed E-state index contributed by atoms with van der Waals surface area (Å²) in [5.74, 6) is 1.14. The molecule has 2 aliphatic heterocycles. The van der Waals surface area contributed by atoms with Crippen molar-refractivity contribution in [1.29, 1.82) is 0 Å². The Kier molecular flexibility index (Phi) is 2.51. The van der Waals surface area contributed by atoms with Crippen molar-refractivity contribution in [2.75, 3.05) is 32.3 Å². The van der Waals surface area contributed by atoms with Crippen molar-refractivity contribution in [3.05, 3.63) is 0 Å². The summed E-state index contributed by atoms with van der Waals surface area (Å²) >= 11 is 5.23. The molecule has 0 aromatic carbocycles. The first-order valence-electron chi connectivity index (χ1n) is 4.41. The first-order chi connectivity index (χ1) is 5.66. The maximum absolute atomic E-state index is 5.23. The topological polar surface area (TPSA) is 6.48 Å². The van der Waals surface area contributed by atoms with E-state index in [-0.39, 0.29) is 9.45 Å². The maximum Gasteiger partial charge on any atom is 0.0491 e. The summed E-state index contributed by atoms with van der Waals surface area (Å²) in [7, 11) is 2.41. The van der Waals surface area contributed by atoms with E-state index in [1.165, 1.54) is 19.5 Å². The van der Waals surface area contributed by atoms with E-state index >= 15 is 0 Å². The summed E-state index contributed by atoms with van der Waals surface area (Å²) in [6.07, 6.45) is 3.54. The molecule has 3 unspecified atom stereocenters. The largest absolute Gasteiger partial charge is 0.301 e. The second-order valence-corrected chi connectivity index (χ2v) is 7.07. The van der Waals surface area contributed by atoms with Crippen LogP contribution >= 0.6 is 0 Å². The Balaban J connectivity index is 1.94. The molecule has 2 saturated heterocycles. The molecule has 3 atom stereocenters. The SMILES string of the molecule is CN1CC2CC1CN2CS(C)=S. The van der Waals surface area contributed by atoms with Gasteiger partial charge in [-0.3, -0.25) is 4.90 Å². The Morgan fingerprint density at radius 1 is 1.42 bits per heavy atom. The van der Waals surface area contributed by atoms with Gasteiger partial charge < -0.3 is 4.90 Å². The second kappa shape index (κ2) is 3.33. The van der Waals surface area contributed by atoms with E-state index in [9.17, 15) is 0 Å². The fourth-order valence-corrected chi connectivity index (χ4v) is 3.53. The molecular formula is C8H16N2S2. The quantitative estimate of drug-likeness (QED) is 0.627. The van der Waals surface area contributed by atoms with Crippen molar-refractivity contribution in [2.24, 2.45) is 0 Å². The Morgan fingerprint density at radius 2 is 2.17 bits per heavy atom. The van der Waals surface area contributed by atoms with Crippen LogP contribution in [0.25, 0.3) is 0 Å². The summed E-state index contributed by atoms with van der Waals surface area (Å²) in [4.78, 5) is 5.07. The van der Waals surface area contributed by atoms with Gasteiger partial charge in [0.05, 0.1) is 0 Å². The summed E-state index contributed by atoms with van der Waals surface area (Å²) < 4.78 is 0. The zero-order valence-electron chi connectivity index (χ0n) is 7.69. The highest BCUT2D eigenvalue weighted by atomic mass is 32.8. The highest BCUT2D eigenvalue weighted by Gasteiger charge is 2.40. The Labute approximate surface area is 81.5 Å². The number of likely N-dealkylation sites (N-methyl/N-ethyl adjacent to an activating group) is 1. The molecule has 0 aromatic heterocycles. The van der Waals surface area contributed by atoms with Crippen LogP contribution in [0.2, 0.25) is 0 Å². The average Bonchev–Trinajstić information content (AvgIpc) is 2.44. The normalized spacial score (nSPS) is 39.2. The summed E-state index contributed by atoms with van der Waals surface area (Å²) in [5.41, 5.74) is 0. The molecule has 2 aliphatic rings. The number of nitrogens with zero attached hydrogens (tertiary/aromatic N) is 2. The molecule has 70 valence electrons. The Bertz CT molecular complexity index is 205. The van der Waals surface area contributed by atoms with Gasteiger partial charge in [0.1, 0.15) is 0 Å². The van der Waals surface area contributed by atoms with E-state index in [4.69, 9.17) is 11.2 Å². The van der Waals surface area contributed by atoms with Gasteiger partial charge in [0.2, 0.25) is 0 Å². The molecule has 4 heteroatoms. The summed E-state index contributed by atoms with van der Waals surface area (Å²) in [5, 5.41) is 0. The minimum Gasteiger partial charge on any atom is -0.301 e. The lowest BCUT2D eigenvalue weighted by molar-refractivity contribution is 0.170. The van der Waals surface area contributed by atoms with Crippen molar-refractivity contribution < 1.29 is 0 Å². The molecule has 0 amide bonds. The predicted octanol–water partition coefficient (Wildman–Crippen LogP) is 0.0422. The molecule has 2 nitrogen and oxygen atoms in total. The molecule has 2 fully saturated rings. The van der Waals surface area contributed by atoms with E-state index in [0.29, 0.717) is 0 Å². The lowest BCUT2D eigenvalue weighted by atomic mass is 10.2. The van der Waals surface area contributed by atoms with E-state index in [1.54, 1.807) is 0 Å². The minimum absolute atomic E-state index is 0.172. The molecule has 0 aromatic rings. The fourth-order valence-electron chi connectivity index (χ4n) is 2.34. The molecule has 12 heavy (non-hydrogen) atoms. The molecule has 0 saturated carbocycles. The van der Waals surface area contributed by atoms with E-state index < -0.39 is 0 Å². The number of hydrogen-bond acceptors (Lipinski definition) is 3. The molecule has 2 rings (SSSR count). The third-order valence-electron chi connectivity index (χ3n) is 2.98. The molecule has 0 radical (unpaired) electrons. The predicted molar refractivity (Wildman–Crippen MR) is 57.1 cm³/mol. The molecule has 0 N–H and O–H groups in total. The van der Waals surface area contributed by atoms with Gasteiger partial charge in [-0.05, 0) is 19.7 Å². The van der Waals surface area contributed by atoms with Crippen LogP contribution < -0.4 is 0 Å². The number of piperazine rings is 1. The molecule has 0 aliphatic carbocycles. The zero-order valence-corrected chi connectivity index (χ0v) is 9.33. The second-order valence-electron chi connectivity index (χ2n) is 3.96. The van der Waals surface area contributed by atoms with Gasteiger partial charge >= 0.3 is 0 Å². The first-order valence-corrected chi connectivity index (χ1v) is 7.14. The van der Waals surface area contributed by atoms with Crippen LogP contribution in [0.15, 0.2) is 0 Å². The zero-order chi connectivity index (χ0) is 8.72. The summed E-state index contributed by atoms with van der Waals surface area (Å²) in [6.45, 7) is 2.52. The number of rotatable bonds is 2. The Hall–Kier alpha value is 0.490. The summed E-state index contributed by atoms with van der Waals surface area (Å²) in [6, 6.07) is 1.64. The number of hydrogen-bond donors (Lipinski definition) is 0. The number of fused-ring (bicyclic) bond motifs is 2. The monoisotopic (exact) mass is 204 g/mol. The van der Waals surface area contributed by atoms with Crippen LogP contribution in [-0.4, -0.2) is 54.2 Å². The molecule has 0 spiro atoms. The maximum atomic E-state index is 5.23. The van der Waals surface area contributed by atoms with Gasteiger partial charge in [-0.15, -0.1) is 9.45 Å². The van der Waals surface area contributed by atoms with Crippen LogP contribution in [0.4, 0.5) is 0 Å². The fraction of sp³-hybridized carbons (Fsp3) is 1.00. The third kappa shape index (κ3) is 1.58. The van der Waals surface area contributed by atoms with Crippen LogP contribution in [0.1, 0.15) is 6.42 Å². The average molecular weight is 204 g/mol.